The Morgan fingerprint density at radius 2 is 1.91 bits per heavy atom. The topological polar surface area (TPSA) is 73.2 Å². The summed E-state index contributed by atoms with van der Waals surface area (Å²) in [5, 5.41) is 27.1. The lowest BCUT2D eigenvalue weighted by Gasteiger charge is -2.06. The van der Waals surface area contributed by atoms with E-state index in [0.717, 1.165) is 12.8 Å². The van der Waals surface area contributed by atoms with Crippen molar-refractivity contribution in [2.45, 2.75) is 37.8 Å². The Labute approximate surface area is 65.4 Å². The molecule has 1 heterocycles. The Bertz CT molecular complexity index is 149. The lowest BCUT2D eigenvalue weighted by molar-refractivity contribution is -0.0245. The molecule has 0 aromatic carbocycles. The first kappa shape index (κ1) is 8.93. The zero-order chi connectivity index (χ0) is 8.54. The molecule has 2 unspecified atom stereocenters. The minimum atomic E-state index is -1.69. The van der Waals surface area contributed by atoms with Crippen LogP contribution >= 0.6 is 0 Å². The fraction of sp³-hybridized carbons (Fsp3) is 1.00. The Morgan fingerprint density at radius 1 is 1.27 bits per heavy atom. The largest absolute Gasteiger partial charge is 0.391 e. The predicted octanol–water partition coefficient (Wildman–Crippen LogP) is -0.424. The molecule has 0 amide bonds. The van der Waals surface area contributed by atoms with Gasteiger partial charge in [-0.2, -0.15) is 0 Å². The van der Waals surface area contributed by atoms with E-state index in [1.54, 1.807) is 0 Å². The first-order chi connectivity index (χ1) is 5.08. The molecule has 0 saturated carbocycles. The third-order valence-electron chi connectivity index (χ3n) is 1.99. The molecule has 1 aliphatic rings. The summed E-state index contributed by atoms with van der Waals surface area (Å²) in [6.07, 6.45) is 2.08. The maximum Gasteiger partial charge on any atom is 0.247 e. The summed E-state index contributed by atoms with van der Waals surface area (Å²) in [4.78, 5) is 0. The highest BCUT2D eigenvalue weighted by Gasteiger charge is 2.68. The minimum Gasteiger partial charge on any atom is -0.391 e. The van der Waals surface area contributed by atoms with Gasteiger partial charge in [0.15, 0.2) is 0 Å². The fourth-order valence-corrected chi connectivity index (χ4v) is 1.07. The molecule has 2 atom stereocenters. The molecule has 1 saturated heterocycles. The molecule has 11 heavy (non-hydrogen) atoms. The van der Waals surface area contributed by atoms with Gasteiger partial charge in [0.2, 0.25) is 11.6 Å². The number of ether oxygens (including phenoxy) is 1. The second kappa shape index (κ2) is 2.71. The first-order valence-electron chi connectivity index (χ1n) is 3.84. The van der Waals surface area contributed by atoms with E-state index in [9.17, 15) is 5.11 Å². The standard InChI is InChI=1S/C7H14O4/c1-2-3-4-6(9)7(10,5-8)11-6/h8-10H,2-5H2,1H3. The highest BCUT2D eigenvalue weighted by Crippen LogP contribution is 2.46. The summed E-state index contributed by atoms with van der Waals surface area (Å²) in [5.74, 6) is -3.18. The highest BCUT2D eigenvalue weighted by molar-refractivity contribution is 4.99. The summed E-state index contributed by atoms with van der Waals surface area (Å²) >= 11 is 0. The Morgan fingerprint density at radius 3 is 2.27 bits per heavy atom. The van der Waals surface area contributed by atoms with Crippen LogP contribution in [0.15, 0.2) is 0 Å². The van der Waals surface area contributed by atoms with Crippen LogP contribution in [0.3, 0.4) is 0 Å². The van der Waals surface area contributed by atoms with Gasteiger partial charge in [-0.25, -0.2) is 0 Å². The molecule has 0 aromatic heterocycles. The van der Waals surface area contributed by atoms with Gasteiger partial charge < -0.3 is 20.1 Å². The molecule has 0 spiro atoms. The van der Waals surface area contributed by atoms with Crippen LogP contribution < -0.4 is 0 Å². The van der Waals surface area contributed by atoms with Gasteiger partial charge in [-0.15, -0.1) is 0 Å². The molecule has 4 heteroatoms. The van der Waals surface area contributed by atoms with Gasteiger partial charge in [-0.3, -0.25) is 0 Å². The van der Waals surface area contributed by atoms with Crippen molar-refractivity contribution in [1.29, 1.82) is 0 Å². The third kappa shape index (κ3) is 1.39. The molecule has 4 nitrogen and oxygen atoms in total. The number of aliphatic hydroxyl groups is 3. The predicted molar refractivity (Wildman–Crippen MR) is 37.6 cm³/mol. The van der Waals surface area contributed by atoms with Gasteiger partial charge in [-0.05, 0) is 6.42 Å². The molecule has 1 aliphatic heterocycles. The lowest BCUT2D eigenvalue weighted by Crippen LogP contribution is -2.28. The highest BCUT2D eigenvalue weighted by atomic mass is 16.8. The monoisotopic (exact) mass is 162 g/mol. The van der Waals surface area contributed by atoms with E-state index in [0.29, 0.717) is 6.42 Å². The summed E-state index contributed by atoms with van der Waals surface area (Å²) < 4.78 is 4.60. The van der Waals surface area contributed by atoms with Crippen molar-refractivity contribution >= 4 is 0 Å². The Balaban J connectivity index is 2.35. The van der Waals surface area contributed by atoms with Crippen molar-refractivity contribution in [3.8, 4) is 0 Å². The molecule has 0 aromatic rings. The van der Waals surface area contributed by atoms with Crippen LogP contribution in [0.25, 0.3) is 0 Å². The van der Waals surface area contributed by atoms with Crippen molar-refractivity contribution < 1.29 is 20.1 Å². The molecule has 0 aliphatic carbocycles. The molecular formula is C7H14O4. The second-order valence-electron chi connectivity index (χ2n) is 2.93. The summed E-state index contributed by atoms with van der Waals surface area (Å²) in [6.45, 7) is 1.43. The molecule has 1 rings (SSSR count). The molecule has 3 N–H and O–H groups in total. The molecule has 1 fully saturated rings. The first-order valence-corrected chi connectivity index (χ1v) is 3.84. The lowest BCUT2D eigenvalue weighted by atomic mass is 10.1. The minimum absolute atomic E-state index is 0.376. The van der Waals surface area contributed by atoms with E-state index in [1.807, 2.05) is 6.92 Å². The Hall–Kier alpha value is -0.160. The maximum absolute atomic E-state index is 9.35. The SMILES string of the molecule is CCCCC1(O)OC1(O)CO. The van der Waals surface area contributed by atoms with E-state index in [2.05, 4.69) is 4.74 Å². The molecule has 66 valence electrons. The van der Waals surface area contributed by atoms with E-state index >= 15 is 0 Å². The van der Waals surface area contributed by atoms with Crippen molar-refractivity contribution in [2.24, 2.45) is 0 Å². The number of rotatable bonds is 4. The van der Waals surface area contributed by atoms with Gasteiger partial charge in [0, 0.05) is 6.42 Å². The molecule has 0 radical (unpaired) electrons. The van der Waals surface area contributed by atoms with Gasteiger partial charge in [0.05, 0.1) is 0 Å². The average Bonchev–Trinajstić information content (AvgIpc) is 2.53. The van der Waals surface area contributed by atoms with Crippen LogP contribution in [0.4, 0.5) is 0 Å². The van der Waals surface area contributed by atoms with E-state index < -0.39 is 18.2 Å². The number of aliphatic hydroxyl groups excluding tert-OH is 1. The van der Waals surface area contributed by atoms with Crippen LogP contribution in [-0.4, -0.2) is 33.5 Å². The third-order valence-corrected chi connectivity index (χ3v) is 1.99. The zero-order valence-corrected chi connectivity index (χ0v) is 6.58. The van der Waals surface area contributed by atoms with E-state index in [1.165, 1.54) is 0 Å². The Kier molecular flexibility index (Phi) is 2.20. The van der Waals surface area contributed by atoms with Crippen LogP contribution in [0.1, 0.15) is 26.2 Å². The van der Waals surface area contributed by atoms with Gasteiger partial charge in [0.1, 0.15) is 6.61 Å². The molecular weight excluding hydrogens is 148 g/mol. The van der Waals surface area contributed by atoms with E-state index in [4.69, 9.17) is 10.2 Å². The second-order valence-corrected chi connectivity index (χ2v) is 2.93. The maximum atomic E-state index is 9.35. The number of unbranched alkanes of at least 4 members (excludes halogenated alkanes) is 1. The summed E-state index contributed by atoms with van der Waals surface area (Å²) in [6, 6.07) is 0. The van der Waals surface area contributed by atoms with Crippen molar-refractivity contribution in [2.75, 3.05) is 6.61 Å². The zero-order valence-electron chi connectivity index (χ0n) is 6.58. The number of hydrogen-bond donors (Lipinski definition) is 3. The average molecular weight is 162 g/mol. The van der Waals surface area contributed by atoms with Crippen LogP contribution in [0, 0.1) is 0 Å². The van der Waals surface area contributed by atoms with Crippen LogP contribution in [-0.2, 0) is 4.74 Å². The van der Waals surface area contributed by atoms with Gasteiger partial charge in [-0.1, -0.05) is 13.3 Å². The van der Waals surface area contributed by atoms with Crippen LogP contribution in [0.2, 0.25) is 0 Å². The number of hydrogen-bond acceptors (Lipinski definition) is 4. The fourth-order valence-electron chi connectivity index (χ4n) is 1.07. The van der Waals surface area contributed by atoms with E-state index in [-0.39, 0.29) is 0 Å². The summed E-state index contributed by atoms with van der Waals surface area (Å²) in [7, 11) is 0. The van der Waals surface area contributed by atoms with Crippen LogP contribution in [0.5, 0.6) is 0 Å². The summed E-state index contributed by atoms with van der Waals surface area (Å²) in [5.41, 5.74) is 0. The van der Waals surface area contributed by atoms with Gasteiger partial charge in [0.25, 0.3) is 0 Å². The van der Waals surface area contributed by atoms with Crippen molar-refractivity contribution in [3.05, 3.63) is 0 Å². The smallest absolute Gasteiger partial charge is 0.247 e. The molecule has 0 bridgehead atoms. The normalized spacial score (nSPS) is 42.5. The van der Waals surface area contributed by atoms with Gasteiger partial charge >= 0.3 is 0 Å². The van der Waals surface area contributed by atoms with Crippen molar-refractivity contribution in [3.63, 3.8) is 0 Å². The number of epoxide rings is 1. The van der Waals surface area contributed by atoms with Crippen molar-refractivity contribution in [1.82, 2.24) is 0 Å². The quantitative estimate of drug-likeness (QED) is 0.491.